The first-order valence-electron chi connectivity index (χ1n) is 7.54. The molecule has 2 fully saturated rings. The Hall–Kier alpha value is -0.300. The van der Waals surface area contributed by atoms with Gasteiger partial charge in [0.05, 0.1) is 11.2 Å². The van der Waals surface area contributed by atoms with Gasteiger partial charge in [-0.3, -0.25) is 0 Å². The average Bonchev–Trinajstić information content (AvgIpc) is 2.53. The molecule has 1 heteroatoms. The fraction of sp³-hybridized carbons (Fsp3) is 0.882. The number of ether oxygens (including phenoxy) is 1. The van der Waals surface area contributed by atoms with E-state index in [4.69, 9.17) is 4.74 Å². The van der Waals surface area contributed by atoms with E-state index < -0.39 is 0 Å². The third-order valence-electron chi connectivity index (χ3n) is 6.17. The molecule has 0 radical (unpaired) electrons. The SMILES string of the molecule is CC1(C)C[C@H]2C=C3C(C)(C)CCC[C@@]3(C)[C@@]2(C)O1. The van der Waals surface area contributed by atoms with Gasteiger partial charge in [0.15, 0.2) is 0 Å². The van der Waals surface area contributed by atoms with Gasteiger partial charge >= 0.3 is 0 Å². The van der Waals surface area contributed by atoms with E-state index in [2.05, 4.69) is 47.6 Å². The largest absolute Gasteiger partial charge is 0.368 e. The highest BCUT2D eigenvalue weighted by molar-refractivity contribution is 5.38. The molecular weight excluding hydrogens is 220 g/mol. The summed E-state index contributed by atoms with van der Waals surface area (Å²) in [5, 5.41) is 0. The zero-order chi connectivity index (χ0) is 13.4. The molecule has 0 unspecified atom stereocenters. The highest BCUT2D eigenvalue weighted by atomic mass is 16.5. The molecule has 0 N–H and O–H groups in total. The molecule has 0 spiro atoms. The summed E-state index contributed by atoms with van der Waals surface area (Å²) < 4.78 is 6.57. The second-order valence-electron chi connectivity index (χ2n) is 8.43. The van der Waals surface area contributed by atoms with E-state index in [-0.39, 0.29) is 16.6 Å². The van der Waals surface area contributed by atoms with Gasteiger partial charge < -0.3 is 4.74 Å². The molecule has 0 aromatic carbocycles. The summed E-state index contributed by atoms with van der Waals surface area (Å²) in [6.07, 6.45) is 7.74. The molecule has 3 aliphatic rings. The lowest BCUT2D eigenvalue weighted by molar-refractivity contribution is -0.141. The van der Waals surface area contributed by atoms with Crippen molar-refractivity contribution < 1.29 is 4.74 Å². The maximum absolute atomic E-state index is 6.57. The van der Waals surface area contributed by atoms with Crippen molar-refractivity contribution in [2.24, 2.45) is 16.7 Å². The fourth-order valence-corrected chi connectivity index (χ4v) is 5.18. The number of hydrogen-bond acceptors (Lipinski definition) is 1. The predicted molar refractivity (Wildman–Crippen MR) is 75.5 cm³/mol. The molecule has 0 aromatic heterocycles. The van der Waals surface area contributed by atoms with E-state index in [0.29, 0.717) is 11.3 Å². The lowest BCUT2D eigenvalue weighted by Crippen LogP contribution is -2.49. The van der Waals surface area contributed by atoms with Gasteiger partial charge in [0, 0.05) is 11.3 Å². The van der Waals surface area contributed by atoms with E-state index in [1.165, 1.54) is 25.7 Å². The lowest BCUT2D eigenvalue weighted by atomic mass is 9.57. The van der Waals surface area contributed by atoms with Crippen molar-refractivity contribution in [2.45, 2.75) is 78.4 Å². The van der Waals surface area contributed by atoms with E-state index in [1.807, 2.05) is 0 Å². The molecular formula is C17H28O. The lowest BCUT2D eigenvalue weighted by Gasteiger charge is -2.51. The molecule has 0 amide bonds. The van der Waals surface area contributed by atoms with Gasteiger partial charge in [0.25, 0.3) is 0 Å². The summed E-state index contributed by atoms with van der Waals surface area (Å²) >= 11 is 0. The van der Waals surface area contributed by atoms with Crippen LogP contribution in [0.3, 0.4) is 0 Å². The molecule has 0 bridgehead atoms. The van der Waals surface area contributed by atoms with Gasteiger partial charge in [-0.1, -0.05) is 38.8 Å². The summed E-state index contributed by atoms with van der Waals surface area (Å²) in [4.78, 5) is 0. The topological polar surface area (TPSA) is 9.23 Å². The first-order chi connectivity index (χ1) is 8.11. The molecule has 1 nitrogen and oxygen atoms in total. The Morgan fingerprint density at radius 1 is 1.06 bits per heavy atom. The van der Waals surface area contributed by atoms with Gasteiger partial charge in [-0.15, -0.1) is 0 Å². The van der Waals surface area contributed by atoms with Crippen LogP contribution in [0.15, 0.2) is 11.6 Å². The Balaban J connectivity index is 2.09. The minimum atomic E-state index is 0.0313. The summed E-state index contributed by atoms with van der Waals surface area (Å²) in [6, 6.07) is 0. The van der Waals surface area contributed by atoms with Gasteiger partial charge in [-0.25, -0.2) is 0 Å². The van der Waals surface area contributed by atoms with Gasteiger partial charge in [-0.2, -0.15) is 0 Å². The minimum absolute atomic E-state index is 0.0313. The van der Waals surface area contributed by atoms with Crippen LogP contribution in [0.4, 0.5) is 0 Å². The highest BCUT2D eigenvalue weighted by Gasteiger charge is 2.65. The molecule has 102 valence electrons. The Morgan fingerprint density at radius 2 is 1.72 bits per heavy atom. The molecule has 0 aromatic rings. The summed E-state index contributed by atoms with van der Waals surface area (Å²) in [5.41, 5.74) is 2.39. The van der Waals surface area contributed by atoms with Crippen LogP contribution in [-0.2, 0) is 4.74 Å². The molecule has 1 heterocycles. The predicted octanol–water partition coefficient (Wildman–Crippen LogP) is 4.72. The van der Waals surface area contributed by atoms with Gasteiger partial charge in [0.2, 0.25) is 0 Å². The summed E-state index contributed by atoms with van der Waals surface area (Å²) in [5.74, 6) is 0.616. The van der Waals surface area contributed by atoms with Crippen molar-refractivity contribution in [3.8, 4) is 0 Å². The summed E-state index contributed by atoms with van der Waals surface area (Å²) in [7, 11) is 0. The van der Waals surface area contributed by atoms with Crippen LogP contribution in [0.1, 0.15) is 67.2 Å². The Bertz CT molecular complexity index is 417. The Labute approximate surface area is 112 Å². The van der Waals surface area contributed by atoms with Crippen molar-refractivity contribution in [3.63, 3.8) is 0 Å². The van der Waals surface area contributed by atoms with Crippen molar-refractivity contribution >= 4 is 0 Å². The quantitative estimate of drug-likeness (QED) is 0.564. The van der Waals surface area contributed by atoms with E-state index >= 15 is 0 Å². The number of fused-ring (bicyclic) bond motifs is 3. The molecule has 2 aliphatic carbocycles. The third-order valence-corrected chi connectivity index (χ3v) is 6.17. The fourth-order valence-electron chi connectivity index (χ4n) is 5.18. The number of rotatable bonds is 0. The second-order valence-corrected chi connectivity index (χ2v) is 8.43. The third kappa shape index (κ3) is 1.37. The summed E-state index contributed by atoms with van der Waals surface area (Å²) in [6.45, 7) is 14.2. The Kier molecular flexibility index (Phi) is 2.28. The van der Waals surface area contributed by atoms with E-state index in [1.54, 1.807) is 5.57 Å². The molecule has 18 heavy (non-hydrogen) atoms. The molecule has 3 rings (SSSR count). The minimum Gasteiger partial charge on any atom is -0.368 e. The van der Waals surface area contributed by atoms with Gasteiger partial charge in [0.1, 0.15) is 0 Å². The molecule has 1 saturated heterocycles. The van der Waals surface area contributed by atoms with Gasteiger partial charge in [-0.05, 0) is 45.4 Å². The van der Waals surface area contributed by atoms with Crippen molar-refractivity contribution in [2.75, 3.05) is 0 Å². The maximum atomic E-state index is 6.57. The Morgan fingerprint density at radius 3 is 2.39 bits per heavy atom. The smallest absolute Gasteiger partial charge is 0.0815 e. The van der Waals surface area contributed by atoms with E-state index in [9.17, 15) is 0 Å². The zero-order valence-corrected chi connectivity index (χ0v) is 12.9. The van der Waals surface area contributed by atoms with Crippen molar-refractivity contribution in [1.82, 2.24) is 0 Å². The normalized spacial score (nSPS) is 48.6. The molecule has 1 aliphatic heterocycles. The van der Waals surface area contributed by atoms with Crippen LogP contribution >= 0.6 is 0 Å². The van der Waals surface area contributed by atoms with Crippen molar-refractivity contribution in [1.29, 1.82) is 0 Å². The van der Waals surface area contributed by atoms with Crippen molar-refractivity contribution in [3.05, 3.63) is 11.6 Å². The van der Waals surface area contributed by atoms with Crippen LogP contribution in [-0.4, -0.2) is 11.2 Å². The van der Waals surface area contributed by atoms with Crippen LogP contribution < -0.4 is 0 Å². The number of hydrogen-bond donors (Lipinski definition) is 0. The maximum Gasteiger partial charge on any atom is 0.0815 e. The monoisotopic (exact) mass is 248 g/mol. The van der Waals surface area contributed by atoms with Crippen LogP contribution in [0.5, 0.6) is 0 Å². The highest BCUT2D eigenvalue weighted by Crippen LogP contribution is 2.67. The second kappa shape index (κ2) is 3.23. The van der Waals surface area contributed by atoms with Crippen LogP contribution in [0.25, 0.3) is 0 Å². The first kappa shape index (κ1) is 12.7. The molecule has 3 atom stereocenters. The average molecular weight is 248 g/mol. The van der Waals surface area contributed by atoms with Crippen LogP contribution in [0, 0.1) is 16.7 Å². The standard InChI is InChI=1S/C17H28O/c1-14(2)8-7-9-16(5)13(14)10-12-11-15(3,4)18-17(12,16)6/h10,12H,7-9,11H2,1-6H3/t12-,16-,17+/m1/s1. The van der Waals surface area contributed by atoms with Crippen LogP contribution in [0.2, 0.25) is 0 Å². The first-order valence-corrected chi connectivity index (χ1v) is 7.54. The molecule has 1 saturated carbocycles. The zero-order valence-electron chi connectivity index (χ0n) is 12.9. The van der Waals surface area contributed by atoms with E-state index in [0.717, 1.165) is 0 Å².